The van der Waals surface area contributed by atoms with Gasteiger partial charge in [0.15, 0.2) is 0 Å². The Morgan fingerprint density at radius 3 is 1.33 bits per heavy atom. The van der Waals surface area contributed by atoms with Crippen molar-refractivity contribution in [3.05, 3.63) is 12.2 Å². The molecule has 0 bridgehead atoms. The maximum absolute atomic E-state index is 9.41. The molecule has 0 amide bonds. The standard InChI is InChI=1S/C4H4O4.Mg/c5-3(6)1-2-4(7)8;/h1-2H,(H,5,6)(H,7,8);/q;+2/p-2/b2-1+;. The maximum atomic E-state index is 9.41. The summed E-state index contributed by atoms with van der Waals surface area (Å²) in [6, 6.07) is 0. The minimum Gasteiger partial charge on any atom is -0.545 e. The Hall–Kier alpha value is -0.554. The minimum absolute atomic E-state index is 0. The van der Waals surface area contributed by atoms with E-state index in [-0.39, 0.29) is 23.1 Å². The van der Waals surface area contributed by atoms with Gasteiger partial charge in [-0.2, -0.15) is 0 Å². The number of carbonyl (C=O) groups excluding carboxylic acids is 2. The quantitative estimate of drug-likeness (QED) is 0.295. The van der Waals surface area contributed by atoms with Crippen LogP contribution in [0, 0.1) is 0 Å². The van der Waals surface area contributed by atoms with Gasteiger partial charge in [0.2, 0.25) is 0 Å². The van der Waals surface area contributed by atoms with Crippen LogP contribution in [0.1, 0.15) is 0 Å². The van der Waals surface area contributed by atoms with Crippen molar-refractivity contribution in [3.63, 3.8) is 0 Å². The van der Waals surface area contributed by atoms with Crippen LogP contribution in [0.15, 0.2) is 12.2 Å². The normalized spacial score (nSPS) is 8.44. The Kier molecular flexibility index (Phi) is 6.99. The van der Waals surface area contributed by atoms with Crippen molar-refractivity contribution in [2.75, 3.05) is 0 Å². The third-order valence-electron chi connectivity index (χ3n) is 0.355. The summed E-state index contributed by atoms with van der Waals surface area (Å²) in [5.74, 6) is -3.09. The molecule has 0 heterocycles. The van der Waals surface area contributed by atoms with Crippen molar-refractivity contribution in [1.82, 2.24) is 0 Å². The molecule has 0 aliphatic carbocycles. The molecule has 0 fully saturated rings. The minimum atomic E-state index is -1.55. The average Bonchev–Trinajstić information content (AvgIpc) is 1.61. The fraction of sp³-hybridized carbons (Fsp3) is 0. The van der Waals surface area contributed by atoms with Crippen LogP contribution in [-0.2, 0) is 9.59 Å². The summed E-state index contributed by atoms with van der Waals surface area (Å²) in [5.41, 5.74) is 0. The molecule has 0 unspecified atom stereocenters. The van der Waals surface area contributed by atoms with E-state index in [2.05, 4.69) is 0 Å². The van der Waals surface area contributed by atoms with Crippen LogP contribution in [0.25, 0.3) is 0 Å². The number of carboxylic acids is 2. The second kappa shape index (κ2) is 5.58. The Labute approximate surface area is 67.3 Å². The molecular weight excluding hydrogens is 136 g/mol. The first-order valence-corrected chi connectivity index (χ1v) is 1.73. The van der Waals surface area contributed by atoms with Gasteiger partial charge >= 0.3 is 23.1 Å². The average molecular weight is 138 g/mol. The zero-order valence-corrected chi connectivity index (χ0v) is 5.91. The first kappa shape index (κ1) is 11.3. The van der Waals surface area contributed by atoms with Crippen LogP contribution in [-0.4, -0.2) is 35.0 Å². The van der Waals surface area contributed by atoms with Gasteiger partial charge in [-0.15, -0.1) is 0 Å². The van der Waals surface area contributed by atoms with Gasteiger partial charge in [-0.1, -0.05) is 0 Å². The van der Waals surface area contributed by atoms with E-state index < -0.39 is 11.9 Å². The third-order valence-corrected chi connectivity index (χ3v) is 0.355. The van der Waals surface area contributed by atoms with E-state index in [4.69, 9.17) is 0 Å². The van der Waals surface area contributed by atoms with E-state index in [1.54, 1.807) is 0 Å². The molecule has 0 rings (SSSR count). The van der Waals surface area contributed by atoms with E-state index in [9.17, 15) is 19.8 Å². The zero-order chi connectivity index (χ0) is 6.57. The van der Waals surface area contributed by atoms with Gasteiger partial charge in [-0.05, 0) is 12.2 Å². The molecule has 0 aromatic rings. The van der Waals surface area contributed by atoms with Gasteiger partial charge in [-0.25, -0.2) is 0 Å². The van der Waals surface area contributed by atoms with E-state index in [0.29, 0.717) is 12.2 Å². The number of rotatable bonds is 2. The summed E-state index contributed by atoms with van der Waals surface area (Å²) >= 11 is 0. The molecule has 0 spiro atoms. The Morgan fingerprint density at radius 2 is 1.22 bits per heavy atom. The molecule has 9 heavy (non-hydrogen) atoms. The molecule has 0 saturated carbocycles. The molecule has 0 aromatic carbocycles. The van der Waals surface area contributed by atoms with E-state index in [0.717, 1.165) is 0 Å². The van der Waals surface area contributed by atoms with Gasteiger partial charge < -0.3 is 19.8 Å². The van der Waals surface area contributed by atoms with Crippen molar-refractivity contribution >= 4 is 35.0 Å². The summed E-state index contributed by atoms with van der Waals surface area (Å²) in [4.78, 5) is 18.8. The SMILES string of the molecule is O=C([O-])/C=C/C(=O)[O-].[Mg+2]. The second-order valence-corrected chi connectivity index (χ2v) is 0.971. The van der Waals surface area contributed by atoms with Crippen LogP contribution in [0.3, 0.4) is 0 Å². The fourth-order valence-electron chi connectivity index (χ4n) is 0.136. The number of carboxylic acid groups (broad SMARTS) is 2. The summed E-state index contributed by atoms with van der Waals surface area (Å²) in [6.07, 6.45) is 0.769. The van der Waals surface area contributed by atoms with Crippen molar-refractivity contribution in [2.24, 2.45) is 0 Å². The monoisotopic (exact) mass is 138 g/mol. The Morgan fingerprint density at radius 1 is 1.00 bits per heavy atom. The van der Waals surface area contributed by atoms with Gasteiger partial charge in [0.05, 0.1) is 11.9 Å². The van der Waals surface area contributed by atoms with Gasteiger partial charge in [0.25, 0.3) is 0 Å². The summed E-state index contributed by atoms with van der Waals surface area (Å²) in [7, 11) is 0. The van der Waals surface area contributed by atoms with Crippen molar-refractivity contribution in [1.29, 1.82) is 0 Å². The zero-order valence-electron chi connectivity index (χ0n) is 4.49. The number of hydrogen-bond acceptors (Lipinski definition) is 4. The number of carbonyl (C=O) groups is 2. The summed E-state index contributed by atoms with van der Waals surface area (Å²) in [6.45, 7) is 0. The fourth-order valence-corrected chi connectivity index (χ4v) is 0.136. The molecule has 0 saturated heterocycles. The van der Waals surface area contributed by atoms with Gasteiger partial charge in [0, 0.05) is 0 Å². The molecule has 0 aliphatic heterocycles. The van der Waals surface area contributed by atoms with Crippen LogP contribution < -0.4 is 10.2 Å². The summed E-state index contributed by atoms with van der Waals surface area (Å²) < 4.78 is 0. The van der Waals surface area contributed by atoms with Crippen LogP contribution in [0.2, 0.25) is 0 Å². The van der Waals surface area contributed by atoms with Crippen molar-refractivity contribution in [2.45, 2.75) is 0 Å². The molecule has 4 nitrogen and oxygen atoms in total. The molecule has 0 N–H and O–H groups in total. The largest absolute Gasteiger partial charge is 2.00 e. The molecule has 0 aliphatic rings. The molecule has 0 radical (unpaired) electrons. The van der Waals surface area contributed by atoms with Gasteiger partial charge in [0.1, 0.15) is 0 Å². The van der Waals surface area contributed by atoms with Crippen molar-refractivity contribution < 1.29 is 19.8 Å². The molecule has 0 aromatic heterocycles. The van der Waals surface area contributed by atoms with Gasteiger partial charge in [-0.3, -0.25) is 0 Å². The maximum Gasteiger partial charge on any atom is 2.00 e. The Balaban J connectivity index is 0. The second-order valence-electron chi connectivity index (χ2n) is 0.971. The first-order valence-electron chi connectivity index (χ1n) is 1.73. The first-order chi connectivity index (χ1) is 3.63. The van der Waals surface area contributed by atoms with Crippen LogP contribution in [0.4, 0.5) is 0 Å². The Bertz CT molecular complexity index is 124. The van der Waals surface area contributed by atoms with E-state index >= 15 is 0 Å². The van der Waals surface area contributed by atoms with Crippen LogP contribution >= 0.6 is 0 Å². The number of hydrogen-bond donors (Lipinski definition) is 0. The molecule has 5 heteroatoms. The predicted octanol–water partition coefficient (Wildman–Crippen LogP) is -3.34. The predicted molar refractivity (Wildman–Crippen MR) is 24.9 cm³/mol. The smallest absolute Gasteiger partial charge is 0.545 e. The van der Waals surface area contributed by atoms with E-state index in [1.165, 1.54) is 0 Å². The van der Waals surface area contributed by atoms with Crippen LogP contribution in [0.5, 0.6) is 0 Å². The summed E-state index contributed by atoms with van der Waals surface area (Å²) in [5, 5.41) is 18.8. The topological polar surface area (TPSA) is 80.3 Å². The third kappa shape index (κ3) is 11.2. The molecular formula is C4H2MgO4. The molecule has 0 atom stereocenters. The van der Waals surface area contributed by atoms with E-state index in [1.807, 2.05) is 0 Å². The number of aliphatic carboxylic acids is 2. The van der Waals surface area contributed by atoms with Crippen molar-refractivity contribution in [3.8, 4) is 0 Å². The molecule has 44 valence electrons.